The molecule has 1 unspecified atom stereocenters. The first-order chi connectivity index (χ1) is 13.0. The summed E-state index contributed by atoms with van der Waals surface area (Å²) in [6, 6.07) is -0.447. The normalized spacial score (nSPS) is 12.8. The number of benzene rings is 1. The highest BCUT2D eigenvalue weighted by molar-refractivity contribution is 7.89. The zero-order valence-electron chi connectivity index (χ0n) is 17.4. The second kappa shape index (κ2) is 8.40. The number of carbonyl (C=O) groups excluding carboxylic acids is 1. The summed E-state index contributed by atoms with van der Waals surface area (Å²) in [5.74, 6) is 0.484. The lowest BCUT2D eigenvalue weighted by molar-refractivity contribution is -0.121. The van der Waals surface area contributed by atoms with E-state index in [1.54, 1.807) is 13.8 Å². The number of amides is 1. The fourth-order valence-corrected chi connectivity index (χ4v) is 4.73. The summed E-state index contributed by atoms with van der Waals surface area (Å²) in [7, 11) is -3.73. The van der Waals surface area contributed by atoms with E-state index in [1.165, 1.54) is 0 Å². The molecule has 1 heterocycles. The molecule has 0 saturated carbocycles. The van der Waals surface area contributed by atoms with Gasteiger partial charge in [-0.05, 0) is 76.3 Å². The van der Waals surface area contributed by atoms with E-state index in [1.807, 2.05) is 34.6 Å². The molecular formula is C19H28N4O4S. The maximum Gasteiger partial charge on any atom is 0.248 e. The molecule has 1 amide bonds. The quantitative estimate of drug-likeness (QED) is 0.727. The number of sulfonamides is 1. The summed E-state index contributed by atoms with van der Waals surface area (Å²) in [4.78, 5) is 16.5. The van der Waals surface area contributed by atoms with Crippen molar-refractivity contribution in [2.45, 2.75) is 65.8 Å². The van der Waals surface area contributed by atoms with Crippen LogP contribution in [0.1, 0.15) is 58.9 Å². The monoisotopic (exact) mass is 408 g/mol. The number of aryl methyl sites for hydroxylation is 1. The van der Waals surface area contributed by atoms with E-state index in [0.29, 0.717) is 16.6 Å². The van der Waals surface area contributed by atoms with E-state index < -0.39 is 16.1 Å². The van der Waals surface area contributed by atoms with Crippen LogP contribution in [0, 0.1) is 41.5 Å². The molecular weight excluding hydrogens is 380 g/mol. The van der Waals surface area contributed by atoms with Crippen LogP contribution < -0.4 is 10.0 Å². The molecule has 0 aliphatic carbocycles. The van der Waals surface area contributed by atoms with Crippen LogP contribution in [0.25, 0.3) is 0 Å². The van der Waals surface area contributed by atoms with Gasteiger partial charge >= 0.3 is 0 Å². The van der Waals surface area contributed by atoms with Gasteiger partial charge in [0.25, 0.3) is 0 Å². The first-order valence-electron chi connectivity index (χ1n) is 9.12. The Labute approximate surface area is 166 Å². The number of nitrogens with zero attached hydrogens (tertiary/aromatic N) is 2. The zero-order valence-corrected chi connectivity index (χ0v) is 18.2. The molecule has 0 aliphatic heterocycles. The van der Waals surface area contributed by atoms with Gasteiger partial charge in [0, 0.05) is 13.0 Å². The van der Waals surface area contributed by atoms with E-state index in [2.05, 4.69) is 20.2 Å². The molecule has 8 nitrogen and oxygen atoms in total. The molecule has 1 atom stereocenters. The molecule has 1 aromatic heterocycles. The smallest absolute Gasteiger partial charge is 0.248 e. The van der Waals surface area contributed by atoms with Crippen LogP contribution in [-0.2, 0) is 14.8 Å². The van der Waals surface area contributed by atoms with E-state index in [9.17, 15) is 13.2 Å². The Balaban J connectivity index is 2.03. The molecule has 0 fully saturated rings. The molecule has 0 aliphatic rings. The minimum atomic E-state index is -3.73. The topological polar surface area (TPSA) is 114 Å². The van der Waals surface area contributed by atoms with Crippen LogP contribution in [0.3, 0.4) is 0 Å². The van der Waals surface area contributed by atoms with Crippen LogP contribution in [0.5, 0.6) is 0 Å². The number of nitrogens with one attached hydrogen (secondary N) is 2. The van der Waals surface area contributed by atoms with Gasteiger partial charge < -0.3 is 9.84 Å². The molecule has 0 bridgehead atoms. The third kappa shape index (κ3) is 4.59. The minimum absolute atomic E-state index is 0.00138. The van der Waals surface area contributed by atoms with Gasteiger partial charge in [-0.3, -0.25) is 4.79 Å². The second-order valence-electron chi connectivity index (χ2n) is 7.07. The lowest BCUT2D eigenvalue weighted by Crippen LogP contribution is -2.33. The Bertz CT molecular complexity index is 967. The van der Waals surface area contributed by atoms with Crippen LogP contribution >= 0.6 is 0 Å². The molecule has 9 heteroatoms. The van der Waals surface area contributed by atoms with Gasteiger partial charge in [0.05, 0.1) is 4.90 Å². The number of rotatable bonds is 7. The van der Waals surface area contributed by atoms with Gasteiger partial charge in [-0.25, -0.2) is 13.1 Å². The van der Waals surface area contributed by atoms with Crippen molar-refractivity contribution in [2.75, 3.05) is 6.54 Å². The number of hydrogen-bond acceptors (Lipinski definition) is 6. The van der Waals surface area contributed by atoms with Gasteiger partial charge in [-0.2, -0.15) is 4.98 Å². The molecule has 2 rings (SSSR count). The standard InChI is InChI=1S/C19H28N4O4S/c1-10-11(2)13(4)18(14(5)12(10)3)28(25,26)20-9-8-17(24)21-15(6)19-22-16(7)23-27-19/h15,20H,8-9H2,1-7H3,(H,21,24). The lowest BCUT2D eigenvalue weighted by atomic mass is 9.95. The van der Waals surface area contributed by atoms with Gasteiger partial charge in [0.2, 0.25) is 21.8 Å². The van der Waals surface area contributed by atoms with Crippen molar-refractivity contribution >= 4 is 15.9 Å². The average molecular weight is 409 g/mol. The van der Waals surface area contributed by atoms with Gasteiger partial charge in [-0.1, -0.05) is 5.16 Å². The van der Waals surface area contributed by atoms with Gasteiger partial charge in [-0.15, -0.1) is 0 Å². The highest BCUT2D eigenvalue weighted by Crippen LogP contribution is 2.29. The molecule has 154 valence electrons. The number of carbonyl (C=O) groups is 1. The molecule has 2 aromatic rings. The predicted octanol–water partition coefficient (Wildman–Crippen LogP) is 2.47. The summed E-state index contributed by atoms with van der Waals surface area (Å²) in [5.41, 5.74) is 4.49. The van der Waals surface area contributed by atoms with Gasteiger partial charge in [0.1, 0.15) is 6.04 Å². The maximum atomic E-state index is 12.8. The Hall–Kier alpha value is -2.26. The van der Waals surface area contributed by atoms with E-state index in [0.717, 1.165) is 27.8 Å². The predicted molar refractivity (Wildman–Crippen MR) is 106 cm³/mol. The third-order valence-electron chi connectivity index (χ3n) is 5.14. The van der Waals surface area contributed by atoms with E-state index in [-0.39, 0.29) is 18.9 Å². The molecule has 2 N–H and O–H groups in total. The van der Waals surface area contributed by atoms with Crippen LogP contribution in [0.15, 0.2) is 9.42 Å². The number of aromatic nitrogens is 2. The van der Waals surface area contributed by atoms with Crippen molar-refractivity contribution in [1.29, 1.82) is 0 Å². The highest BCUT2D eigenvalue weighted by Gasteiger charge is 2.24. The number of hydrogen-bond donors (Lipinski definition) is 2. The molecule has 0 radical (unpaired) electrons. The Morgan fingerprint density at radius 3 is 2.04 bits per heavy atom. The highest BCUT2D eigenvalue weighted by atomic mass is 32.2. The largest absolute Gasteiger partial charge is 0.345 e. The van der Waals surface area contributed by atoms with Crippen molar-refractivity contribution < 1.29 is 17.7 Å². The van der Waals surface area contributed by atoms with Crippen molar-refractivity contribution in [3.63, 3.8) is 0 Å². The van der Waals surface area contributed by atoms with Crippen LogP contribution in [-0.4, -0.2) is 31.0 Å². The van der Waals surface area contributed by atoms with Crippen LogP contribution in [0.4, 0.5) is 0 Å². The maximum absolute atomic E-state index is 12.8. The summed E-state index contributed by atoms with van der Waals surface area (Å²) in [6.07, 6.45) is -0.00138. The van der Waals surface area contributed by atoms with Crippen molar-refractivity contribution in [1.82, 2.24) is 20.2 Å². The molecule has 0 saturated heterocycles. The fourth-order valence-electron chi connectivity index (χ4n) is 3.10. The SMILES string of the molecule is Cc1noc(C(C)NC(=O)CCNS(=O)(=O)c2c(C)c(C)c(C)c(C)c2C)n1. The Morgan fingerprint density at radius 2 is 1.54 bits per heavy atom. The first-order valence-corrected chi connectivity index (χ1v) is 10.6. The summed E-state index contributed by atoms with van der Waals surface area (Å²) >= 11 is 0. The van der Waals surface area contributed by atoms with E-state index >= 15 is 0 Å². The van der Waals surface area contributed by atoms with Crippen molar-refractivity contribution in [2.24, 2.45) is 0 Å². The summed E-state index contributed by atoms with van der Waals surface area (Å²) < 4.78 is 33.2. The van der Waals surface area contributed by atoms with Crippen LogP contribution in [0.2, 0.25) is 0 Å². The zero-order chi connectivity index (χ0) is 21.2. The average Bonchev–Trinajstić information content (AvgIpc) is 3.04. The fraction of sp³-hybridized carbons (Fsp3) is 0.526. The second-order valence-corrected chi connectivity index (χ2v) is 8.77. The molecule has 1 aromatic carbocycles. The molecule has 28 heavy (non-hydrogen) atoms. The Kier molecular flexibility index (Phi) is 6.61. The Morgan fingerprint density at radius 1 is 1.00 bits per heavy atom. The lowest BCUT2D eigenvalue weighted by Gasteiger charge is -2.19. The van der Waals surface area contributed by atoms with Crippen molar-refractivity contribution in [3.8, 4) is 0 Å². The molecule has 0 spiro atoms. The van der Waals surface area contributed by atoms with Crippen molar-refractivity contribution in [3.05, 3.63) is 39.5 Å². The first kappa shape index (κ1) is 22.0. The van der Waals surface area contributed by atoms with Gasteiger partial charge in [0.15, 0.2) is 5.82 Å². The summed E-state index contributed by atoms with van der Waals surface area (Å²) in [6.45, 7) is 12.9. The summed E-state index contributed by atoms with van der Waals surface area (Å²) in [5, 5.41) is 6.39. The minimum Gasteiger partial charge on any atom is -0.345 e. The van der Waals surface area contributed by atoms with E-state index in [4.69, 9.17) is 4.52 Å². The third-order valence-corrected chi connectivity index (χ3v) is 6.87.